The summed E-state index contributed by atoms with van der Waals surface area (Å²) in [5, 5.41) is 6.94. The van der Waals surface area contributed by atoms with Gasteiger partial charge in [0.2, 0.25) is 5.91 Å². The molecule has 1 atom stereocenters. The number of rotatable bonds is 4. The molecular weight excluding hydrogens is 298 g/mol. The van der Waals surface area contributed by atoms with Gasteiger partial charge in [0.1, 0.15) is 0 Å². The highest BCUT2D eigenvalue weighted by Gasteiger charge is 2.21. The van der Waals surface area contributed by atoms with E-state index in [0.29, 0.717) is 11.5 Å². The summed E-state index contributed by atoms with van der Waals surface area (Å²) in [6.45, 7) is 2.37. The van der Waals surface area contributed by atoms with Crippen molar-refractivity contribution in [2.75, 3.05) is 29.9 Å². The molecule has 0 spiro atoms. The largest absolute Gasteiger partial charge is 0.376 e. The van der Waals surface area contributed by atoms with Crippen molar-refractivity contribution in [3.63, 3.8) is 0 Å². The molecule has 1 aromatic carbocycles. The highest BCUT2D eigenvalue weighted by Crippen LogP contribution is 2.24. The molecule has 0 unspecified atom stereocenters. The van der Waals surface area contributed by atoms with E-state index in [0.717, 1.165) is 50.3 Å². The molecule has 6 heteroatoms. The maximum absolute atomic E-state index is 11.8. The standard InChI is InChI=1S/C16H21N3O2S/c20-15-7-2-8-19(15)13-5-1-4-12(10-13)18-16(22)17-11-14-6-3-9-21-14/h1,4-5,10,14H,2-3,6-9,11H2,(H2,17,18,22)/t14-/m1/s1. The summed E-state index contributed by atoms with van der Waals surface area (Å²) in [6, 6.07) is 7.80. The second-order valence-corrected chi connectivity index (χ2v) is 6.08. The summed E-state index contributed by atoms with van der Waals surface area (Å²) in [4.78, 5) is 13.6. The fraction of sp³-hybridized carbons (Fsp3) is 0.500. The van der Waals surface area contributed by atoms with Crippen LogP contribution in [0, 0.1) is 0 Å². The van der Waals surface area contributed by atoms with Crippen LogP contribution in [0.3, 0.4) is 0 Å². The zero-order valence-electron chi connectivity index (χ0n) is 12.5. The third-order valence-electron chi connectivity index (χ3n) is 4.00. The molecule has 2 saturated heterocycles. The van der Waals surface area contributed by atoms with Crippen molar-refractivity contribution in [2.24, 2.45) is 0 Å². The van der Waals surface area contributed by atoms with Crippen molar-refractivity contribution in [3.05, 3.63) is 24.3 Å². The molecule has 5 nitrogen and oxygen atoms in total. The number of benzene rings is 1. The first-order chi connectivity index (χ1) is 10.7. The summed E-state index contributed by atoms with van der Waals surface area (Å²) >= 11 is 5.31. The van der Waals surface area contributed by atoms with E-state index < -0.39 is 0 Å². The Morgan fingerprint density at radius 1 is 1.41 bits per heavy atom. The van der Waals surface area contributed by atoms with Gasteiger partial charge < -0.3 is 20.3 Å². The van der Waals surface area contributed by atoms with Gasteiger partial charge in [0, 0.05) is 37.5 Å². The third kappa shape index (κ3) is 3.75. The van der Waals surface area contributed by atoms with E-state index in [4.69, 9.17) is 17.0 Å². The first-order valence-electron chi connectivity index (χ1n) is 7.79. The molecular formula is C16H21N3O2S. The molecule has 1 amide bonds. The van der Waals surface area contributed by atoms with Crippen LogP contribution < -0.4 is 15.5 Å². The summed E-state index contributed by atoms with van der Waals surface area (Å²) < 4.78 is 5.56. The number of carbonyl (C=O) groups excluding carboxylic acids is 1. The van der Waals surface area contributed by atoms with Crippen LogP contribution in [0.2, 0.25) is 0 Å². The lowest BCUT2D eigenvalue weighted by Gasteiger charge is -2.18. The monoisotopic (exact) mass is 319 g/mol. The predicted molar refractivity (Wildman–Crippen MR) is 91.2 cm³/mol. The molecule has 2 fully saturated rings. The Hall–Kier alpha value is -1.66. The third-order valence-corrected chi connectivity index (χ3v) is 4.25. The van der Waals surface area contributed by atoms with Crippen molar-refractivity contribution in [3.8, 4) is 0 Å². The number of carbonyl (C=O) groups is 1. The van der Waals surface area contributed by atoms with Gasteiger partial charge in [-0.25, -0.2) is 0 Å². The lowest BCUT2D eigenvalue weighted by molar-refractivity contribution is -0.117. The predicted octanol–water partition coefficient (Wildman–Crippen LogP) is 2.28. The fourth-order valence-corrected chi connectivity index (χ4v) is 3.06. The van der Waals surface area contributed by atoms with Crippen LogP contribution in [-0.4, -0.2) is 36.8 Å². The van der Waals surface area contributed by atoms with Crippen LogP contribution in [0.25, 0.3) is 0 Å². The molecule has 3 rings (SSSR count). The lowest BCUT2D eigenvalue weighted by Crippen LogP contribution is -2.34. The molecule has 118 valence electrons. The number of amides is 1. The molecule has 2 aliphatic rings. The fourth-order valence-electron chi connectivity index (χ4n) is 2.86. The van der Waals surface area contributed by atoms with Crippen LogP contribution in [0.1, 0.15) is 25.7 Å². The number of anilines is 2. The minimum atomic E-state index is 0.191. The zero-order chi connectivity index (χ0) is 15.4. The van der Waals surface area contributed by atoms with Gasteiger partial charge in [-0.3, -0.25) is 4.79 Å². The van der Waals surface area contributed by atoms with Crippen molar-refractivity contribution in [1.29, 1.82) is 0 Å². The Kier molecular flexibility index (Phi) is 4.90. The van der Waals surface area contributed by atoms with Gasteiger partial charge in [-0.1, -0.05) is 6.07 Å². The van der Waals surface area contributed by atoms with Crippen LogP contribution >= 0.6 is 12.2 Å². The Morgan fingerprint density at radius 2 is 2.32 bits per heavy atom. The van der Waals surface area contributed by atoms with Crippen LogP contribution in [0.15, 0.2) is 24.3 Å². The van der Waals surface area contributed by atoms with Crippen LogP contribution in [0.4, 0.5) is 11.4 Å². The smallest absolute Gasteiger partial charge is 0.227 e. The van der Waals surface area contributed by atoms with E-state index in [1.165, 1.54) is 0 Å². The lowest BCUT2D eigenvalue weighted by atomic mass is 10.2. The molecule has 0 bridgehead atoms. The van der Waals surface area contributed by atoms with Crippen molar-refractivity contribution < 1.29 is 9.53 Å². The second-order valence-electron chi connectivity index (χ2n) is 5.67. The molecule has 2 aliphatic heterocycles. The first-order valence-corrected chi connectivity index (χ1v) is 8.20. The second kappa shape index (κ2) is 7.07. The van der Waals surface area contributed by atoms with Gasteiger partial charge in [-0.05, 0) is 49.7 Å². The summed E-state index contributed by atoms with van der Waals surface area (Å²) in [5.41, 5.74) is 1.82. The van der Waals surface area contributed by atoms with Gasteiger partial charge in [-0.2, -0.15) is 0 Å². The van der Waals surface area contributed by atoms with E-state index in [2.05, 4.69) is 10.6 Å². The molecule has 0 aliphatic carbocycles. The highest BCUT2D eigenvalue weighted by molar-refractivity contribution is 7.80. The van der Waals surface area contributed by atoms with E-state index in [1.54, 1.807) is 0 Å². The van der Waals surface area contributed by atoms with E-state index in [1.807, 2.05) is 29.2 Å². The number of nitrogens with zero attached hydrogens (tertiary/aromatic N) is 1. The zero-order valence-corrected chi connectivity index (χ0v) is 13.3. The Morgan fingerprint density at radius 3 is 3.05 bits per heavy atom. The average Bonchev–Trinajstić information content (AvgIpc) is 3.16. The van der Waals surface area contributed by atoms with Gasteiger partial charge in [0.25, 0.3) is 0 Å². The van der Waals surface area contributed by atoms with Gasteiger partial charge in [-0.15, -0.1) is 0 Å². The molecule has 1 aromatic rings. The van der Waals surface area contributed by atoms with E-state index in [9.17, 15) is 4.79 Å². The molecule has 2 N–H and O–H groups in total. The molecule has 0 radical (unpaired) electrons. The average molecular weight is 319 g/mol. The number of hydrogen-bond donors (Lipinski definition) is 2. The van der Waals surface area contributed by atoms with E-state index >= 15 is 0 Å². The Balaban J connectivity index is 1.55. The van der Waals surface area contributed by atoms with Gasteiger partial charge in [0.05, 0.1) is 6.10 Å². The SMILES string of the molecule is O=C1CCCN1c1cccc(NC(=S)NC[C@H]2CCCO2)c1. The summed E-state index contributed by atoms with van der Waals surface area (Å²) in [5.74, 6) is 0.191. The van der Waals surface area contributed by atoms with Crippen LogP contribution in [0.5, 0.6) is 0 Å². The number of nitrogens with one attached hydrogen (secondary N) is 2. The van der Waals surface area contributed by atoms with Crippen molar-refractivity contribution in [1.82, 2.24) is 5.32 Å². The number of ether oxygens (including phenoxy) is 1. The minimum Gasteiger partial charge on any atom is -0.376 e. The topological polar surface area (TPSA) is 53.6 Å². The molecule has 2 heterocycles. The quantitative estimate of drug-likeness (QED) is 0.834. The molecule has 22 heavy (non-hydrogen) atoms. The maximum atomic E-state index is 11.8. The van der Waals surface area contributed by atoms with Crippen LogP contribution in [-0.2, 0) is 9.53 Å². The van der Waals surface area contributed by atoms with Crippen molar-refractivity contribution in [2.45, 2.75) is 31.8 Å². The molecule has 0 saturated carbocycles. The Bertz CT molecular complexity index is 558. The Labute approximate surface area is 136 Å². The van der Waals surface area contributed by atoms with Gasteiger partial charge in [0.15, 0.2) is 5.11 Å². The molecule has 0 aromatic heterocycles. The van der Waals surface area contributed by atoms with Gasteiger partial charge >= 0.3 is 0 Å². The number of thiocarbonyl (C=S) groups is 1. The minimum absolute atomic E-state index is 0.191. The maximum Gasteiger partial charge on any atom is 0.227 e. The summed E-state index contributed by atoms with van der Waals surface area (Å²) in [7, 11) is 0. The van der Waals surface area contributed by atoms with E-state index in [-0.39, 0.29) is 12.0 Å². The normalized spacial score (nSPS) is 21.2. The summed E-state index contributed by atoms with van der Waals surface area (Å²) in [6.07, 6.45) is 4.03. The first kappa shape index (κ1) is 15.2. The highest BCUT2D eigenvalue weighted by atomic mass is 32.1. The van der Waals surface area contributed by atoms with Crippen molar-refractivity contribution >= 4 is 34.6 Å². The number of hydrogen-bond acceptors (Lipinski definition) is 3.